The van der Waals surface area contributed by atoms with Gasteiger partial charge in [0.1, 0.15) is 17.4 Å². The van der Waals surface area contributed by atoms with Gasteiger partial charge in [-0.25, -0.2) is 15.4 Å². The van der Waals surface area contributed by atoms with E-state index in [1.165, 1.54) is 18.4 Å². The number of nitrogens with one attached hydrogen (secondary N) is 4. The number of methoxy groups -OCH3 is 1. The lowest BCUT2D eigenvalue weighted by atomic mass is 9.74. The fourth-order valence-corrected chi connectivity index (χ4v) is 6.95. The minimum atomic E-state index is -0.358. The van der Waals surface area contributed by atoms with Crippen molar-refractivity contribution in [1.29, 1.82) is 0 Å². The van der Waals surface area contributed by atoms with E-state index in [0.717, 1.165) is 54.3 Å². The first-order chi connectivity index (χ1) is 16.6. The number of carbonyl (C=O) groups is 1. The Morgan fingerprint density at radius 1 is 1.18 bits per heavy atom. The van der Waals surface area contributed by atoms with Crippen LogP contribution in [0.5, 0.6) is 5.75 Å². The first-order valence-corrected chi connectivity index (χ1v) is 12.7. The van der Waals surface area contributed by atoms with Crippen LogP contribution in [0.3, 0.4) is 0 Å². The normalized spacial score (nSPS) is 35.6. The molecule has 178 valence electrons. The summed E-state index contributed by atoms with van der Waals surface area (Å²) in [5, 5.41) is 6.84. The maximum absolute atomic E-state index is 13.1. The molecule has 5 aliphatic rings. The molecule has 4 unspecified atom stereocenters. The van der Waals surface area contributed by atoms with Gasteiger partial charge in [-0.15, -0.1) is 0 Å². The van der Waals surface area contributed by atoms with Crippen LogP contribution in [-0.2, 0) is 10.2 Å². The van der Waals surface area contributed by atoms with Gasteiger partial charge in [0.25, 0.3) is 0 Å². The molecule has 6 atom stereocenters. The monoisotopic (exact) mass is 460 g/mol. The Morgan fingerprint density at radius 3 is 2.88 bits per heavy atom. The highest BCUT2D eigenvalue weighted by Gasteiger charge is 2.67. The van der Waals surface area contributed by atoms with Crippen LogP contribution in [0, 0.1) is 24.7 Å². The van der Waals surface area contributed by atoms with Gasteiger partial charge in [0.15, 0.2) is 0 Å². The molecule has 0 bridgehead atoms. The highest BCUT2D eigenvalue weighted by atomic mass is 16.5. The molecule has 4 N–H and O–H groups in total. The Balaban J connectivity index is 1.06. The molecule has 3 saturated carbocycles. The van der Waals surface area contributed by atoms with Crippen LogP contribution >= 0.6 is 0 Å². The third-order valence-electron chi connectivity index (χ3n) is 8.99. The number of ether oxygens (including phenoxy) is 1. The van der Waals surface area contributed by atoms with Crippen molar-refractivity contribution < 1.29 is 9.53 Å². The third kappa shape index (κ3) is 3.08. The Hall–Kier alpha value is -2.71. The van der Waals surface area contributed by atoms with Crippen molar-refractivity contribution in [3.05, 3.63) is 41.3 Å². The summed E-state index contributed by atoms with van der Waals surface area (Å²) >= 11 is 0. The topological polar surface area (TPSA) is 100 Å². The zero-order chi connectivity index (χ0) is 23.0. The quantitative estimate of drug-likeness (QED) is 0.544. The van der Waals surface area contributed by atoms with Gasteiger partial charge in [-0.2, -0.15) is 0 Å². The van der Waals surface area contributed by atoms with E-state index in [2.05, 4.69) is 32.5 Å². The van der Waals surface area contributed by atoms with Gasteiger partial charge in [-0.05, 0) is 87.0 Å². The van der Waals surface area contributed by atoms with Crippen molar-refractivity contribution in [1.82, 2.24) is 20.8 Å². The molecule has 1 spiro atoms. The van der Waals surface area contributed by atoms with Crippen LogP contribution in [0.2, 0.25) is 0 Å². The smallest absolute Gasteiger partial charge is 0.235 e. The highest BCUT2D eigenvalue weighted by molar-refractivity contribution is 6.09. The summed E-state index contributed by atoms with van der Waals surface area (Å²) in [5.41, 5.74) is 10.1. The molecule has 1 amide bonds. The second-order valence-electron chi connectivity index (χ2n) is 10.9. The number of hydrogen-bond acceptors (Lipinski definition) is 7. The molecule has 0 radical (unpaired) electrons. The van der Waals surface area contributed by atoms with E-state index in [1.807, 2.05) is 25.3 Å². The van der Waals surface area contributed by atoms with Crippen molar-refractivity contribution in [3.8, 4) is 5.75 Å². The number of aryl methyl sites for hydroxylation is 1. The summed E-state index contributed by atoms with van der Waals surface area (Å²) in [5.74, 6) is 4.85. The predicted octanol–water partition coefficient (Wildman–Crippen LogP) is 3.21. The van der Waals surface area contributed by atoms with Gasteiger partial charge in [0.05, 0.1) is 18.7 Å². The molecule has 2 aliphatic heterocycles. The van der Waals surface area contributed by atoms with Crippen LogP contribution in [0.15, 0.2) is 24.4 Å². The van der Waals surface area contributed by atoms with E-state index >= 15 is 0 Å². The number of aromatic nitrogens is 2. The van der Waals surface area contributed by atoms with Crippen LogP contribution in [0.25, 0.3) is 0 Å². The summed E-state index contributed by atoms with van der Waals surface area (Å²) in [6, 6.07) is 6.37. The minimum absolute atomic E-state index is 0.158. The molecule has 1 aromatic heterocycles. The van der Waals surface area contributed by atoms with E-state index in [1.54, 1.807) is 7.11 Å². The molecule has 34 heavy (non-hydrogen) atoms. The van der Waals surface area contributed by atoms with Crippen molar-refractivity contribution in [2.75, 3.05) is 17.7 Å². The van der Waals surface area contributed by atoms with Crippen LogP contribution < -0.4 is 26.2 Å². The number of fused-ring (bicyclic) bond motifs is 3. The maximum atomic E-state index is 13.1. The van der Waals surface area contributed by atoms with Gasteiger partial charge in [0.2, 0.25) is 5.91 Å². The Labute approximate surface area is 199 Å². The largest absolute Gasteiger partial charge is 0.497 e. The highest BCUT2D eigenvalue weighted by Crippen LogP contribution is 2.65. The van der Waals surface area contributed by atoms with Crippen molar-refractivity contribution in [3.63, 3.8) is 0 Å². The van der Waals surface area contributed by atoms with E-state index < -0.39 is 0 Å². The van der Waals surface area contributed by atoms with E-state index in [0.29, 0.717) is 29.7 Å². The van der Waals surface area contributed by atoms with Crippen LogP contribution in [0.4, 0.5) is 11.5 Å². The zero-order valence-corrected chi connectivity index (χ0v) is 19.7. The van der Waals surface area contributed by atoms with Crippen LogP contribution in [0.1, 0.15) is 61.4 Å². The zero-order valence-electron chi connectivity index (χ0n) is 19.7. The van der Waals surface area contributed by atoms with E-state index in [9.17, 15) is 4.79 Å². The summed E-state index contributed by atoms with van der Waals surface area (Å²) in [6.07, 6.45) is 8.95. The fourth-order valence-electron chi connectivity index (χ4n) is 6.95. The average Bonchev–Trinajstić information content (AvgIpc) is 3.75. The molecular weight excluding hydrogens is 428 g/mol. The predicted molar refractivity (Wildman–Crippen MR) is 128 cm³/mol. The number of rotatable bonds is 5. The number of amides is 1. The molecule has 2 aromatic rings. The first kappa shape index (κ1) is 20.6. The number of nitrogens with zero attached hydrogens (tertiary/aromatic N) is 2. The average molecular weight is 461 g/mol. The maximum Gasteiger partial charge on any atom is 0.235 e. The molecule has 8 nitrogen and oxygen atoms in total. The second-order valence-corrected chi connectivity index (χ2v) is 10.9. The lowest BCUT2D eigenvalue weighted by Gasteiger charge is -2.34. The van der Waals surface area contributed by atoms with Crippen molar-refractivity contribution >= 4 is 17.4 Å². The van der Waals surface area contributed by atoms with Gasteiger partial charge in [-0.1, -0.05) is 0 Å². The van der Waals surface area contributed by atoms with Crippen molar-refractivity contribution in [2.45, 2.75) is 69.0 Å². The minimum Gasteiger partial charge on any atom is -0.497 e. The van der Waals surface area contributed by atoms with Gasteiger partial charge < -0.3 is 15.4 Å². The number of carbonyl (C=O) groups excluding carboxylic acids is 1. The number of hydrogen-bond donors (Lipinski definition) is 4. The Morgan fingerprint density at radius 2 is 2.06 bits per heavy atom. The molecule has 1 saturated heterocycles. The molecule has 8 heteroatoms. The van der Waals surface area contributed by atoms with E-state index in [-0.39, 0.29) is 17.5 Å². The SMILES string of the molecule is COc1ccc2c(c1)[C@]1(C[C@H]1C1CCC3C(C1)NNC3Nc1nc(C)ncc1C1CC1)C(=O)N2. The number of benzene rings is 1. The molecular formula is C26H32N6O2. The second kappa shape index (κ2) is 7.39. The molecule has 3 heterocycles. The molecule has 1 aromatic carbocycles. The summed E-state index contributed by atoms with van der Waals surface area (Å²) < 4.78 is 5.45. The van der Waals surface area contributed by atoms with E-state index in [4.69, 9.17) is 9.72 Å². The molecule has 4 fully saturated rings. The number of anilines is 2. The van der Waals surface area contributed by atoms with Gasteiger partial charge in [-0.3, -0.25) is 10.2 Å². The van der Waals surface area contributed by atoms with Crippen LogP contribution in [-0.4, -0.2) is 35.2 Å². The number of hydrazine groups is 1. The lowest BCUT2D eigenvalue weighted by molar-refractivity contribution is -0.118. The summed E-state index contributed by atoms with van der Waals surface area (Å²) in [4.78, 5) is 22.2. The summed E-state index contributed by atoms with van der Waals surface area (Å²) in [7, 11) is 1.68. The Kier molecular flexibility index (Phi) is 4.49. The molecule has 3 aliphatic carbocycles. The standard InChI is InChI=1S/C26H32N6O2/c1-13-27-12-18(14-3-4-14)23(28-13)30-24-17-7-5-15(9-22(17)31-32-24)20-11-26(20)19-10-16(34-2)6-8-21(19)29-25(26)33/h6,8,10,12,14-15,17,20,22,24,31-32H,3-5,7,9,11H2,1-2H3,(H,29,33)(H,27,28,30)/t15?,17?,20-,22?,24?,26-/m0/s1. The van der Waals surface area contributed by atoms with Gasteiger partial charge >= 0.3 is 0 Å². The Bertz CT molecular complexity index is 1170. The molecule has 7 rings (SSSR count). The summed E-state index contributed by atoms with van der Waals surface area (Å²) in [6.45, 7) is 1.95. The van der Waals surface area contributed by atoms with Gasteiger partial charge in [0, 0.05) is 29.4 Å². The van der Waals surface area contributed by atoms with Crippen molar-refractivity contribution in [2.24, 2.45) is 17.8 Å². The lowest BCUT2D eigenvalue weighted by Crippen LogP contribution is -2.39. The fraction of sp³-hybridized carbons (Fsp3) is 0.577. The third-order valence-corrected chi connectivity index (χ3v) is 8.99. The first-order valence-electron chi connectivity index (χ1n) is 12.7.